The van der Waals surface area contributed by atoms with Crippen LogP contribution in [0.1, 0.15) is 29.8 Å². The maximum atomic E-state index is 10.6. The van der Waals surface area contributed by atoms with Gasteiger partial charge in [-0.2, -0.15) is 11.8 Å². The molecule has 1 fully saturated rings. The van der Waals surface area contributed by atoms with Gasteiger partial charge in [-0.05, 0) is 19.1 Å². The molecule has 1 aliphatic carbocycles. The monoisotopic (exact) mass is 253 g/mol. The number of aromatic nitrogens is 2. The molecule has 0 amide bonds. The summed E-state index contributed by atoms with van der Waals surface area (Å²) >= 11 is 1.86. The van der Waals surface area contributed by atoms with E-state index in [9.17, 15) is 4.79 Å². The topological polar surface area (TPSA) is 75.1 Å². The molecule has 17 heavy (non-hydrogen) atoms. The summed E-state index contributed by atoms with van der Waals surface area (Å²) in [6.45, 7) is 0. The fourth-order valence-corrected chi connectivity index (χ4v) is 3.01. The Morgan fingerprint density at radius 2 is 2.29 bits per heavy atom. The fourth-order valence-electron chi connectivity index (χ4n) is 2.08. The number of thioether (sulfide) groups is 1. The first-order valence-electron chi connectivity index (χ1n) is 5.55. The summed E-state index contributed by atoms with van der Waals surface area (Å²) in [6.07, 6.45) is 8.47. The molecule has 2 unspecified atom stereocenters. The minimum absolute atomic E-state index is 0.0246. The molecule has 1 saturated carbocycles. The maximum Gasteiger partial charge on any atom is 0.356 e. The number of carbonyl (C=O) groups is 1. The number of rotatable bonds is 4. The van der Waals surface area contributed by atoms with Crippen LogP contribution in [0.25, 0.3) is 0 Å². The average Bonchev–Trinajstić information content (AvgIpc) is 2.77. The summed E-state index contributed by atoms with van der Waals surface area (Å²) in [5.74, 6) is -0.396. The van der Waals surface area contributed by atoms with Crippen molar-refractivity contribution in [2.45, 2.75) is 30.6 Å². The zero-order valence-corrected chi connectivity index (χ0v) is 10.4. The molecule has 1 aliphatic rings. The van der Waals surface area contributed by atoms with Crippen molar-refractivity contribution in [2.24, 2.45) is 0 Å². The van der Waals surface area contributed by atoms with Crippen molar-refractivity contribution in [3.63, 3.8) is 0 Å². The van der Waals surface area contributed by atoms with Crippen LogP contribution < -0.4 is 5.32 Å². The molecule has 2 N–H and O–H groups in total. The van der Waals surface area contributed by atoms with Crippen molar-refractivity contribution in [3.8, 4) is 0 Å². The molecule has 1 heterocycles. The third-order valence-electron chi connectivity index (χ3n) is 2.96. The van der Waals surface area contributed by atoms with Crippen molar-refractivity contribution in [2.75, 3.05) is 11.6 Å². The summed E-state index contributed by atoms with van der Waals surface area (Å²) in [6, 6.07) is 0.412. The van der Waals surface area contributed by atoms with Crippen LogP contribution in [0.4, 0.5) is 5.82 Å². The van der Waals surface area contributed by atoms with Crippen LogP contribution in [0.5, 0.6) is 0 Å². The Hall–Kier alpha value is -1.30. The van der Waals surface area contributed by atoms with E-state index in [1.165, 1.54) is 25.2 Å². The number of aromatic carboxylic acids is 1. The van der Waals surface area contributed by atoms with E-state index in [1.807, 2.05) is 11.8 Å². The van der Waals surface area contributed by atoms with Crippen molar-refractivity contribution >= 4 is 23.5 Å². The lowest BCUT2D eigenvalue weighted by atomic mass is 10.2. The van der Waals surface area contributed by atoms with E-state index in [-0.39, 0.29) is 5.69 Å². The molecule has 2 rings (SSSR count). The van der Waals surface area contributed by atoms with Gasteiger partial charge < -0.3 is 10.4 Å². The number of nitrogens with one attached hydrogen (secondary N) is 1. The molecule has 0 radical (unpaired) electrons. The lowest BCUT2D eigenvalue weighted by molar-refractivity contribution is 0.0690. The molecule has 5 nitrogen and oxygen atoms in total. The first-order chi connectivity index (χ1) is 8.20. The molecule has 92 valence electrons. The Morgan fingerprint density at radius 3 is 2.88 bits per heavy atom. The van der Waals surface area contributed by atoms with Gasteiger partial charge in [0.1, 0.15) is 5.82 Å². The van der Waals surface area contributed by atoms with Crippen LogP contribution >= 0.6 is 11.8 Å². The fraction of sp³-hybridized carbons (Fsp3) is 0.545. The first-order valence-corrected chi connectivity index (χ1v) is 6.84. The Balaban J connectivity index is 2.01. The van der Waals surface area contributed by atoms with Gasteiger partial charge in [0.15, 0.2) is 5.69 Å². The number of carboxylic acids is 1. The SMILES string of the molecule is CSC1CCCC1Nc1cnc(C(=O)O)cn1. The Bertz CT molecular complexity index is 396. The third-order valence-corrected chi connectivity index (χ3v) is 4.13. The number of anilines is 1. The normalized spacial score (nSPS) is 23.6. The highest BCUT2D eigenvalue weighted by atomic mass is 32.2. The van der Waals surface area contributed by atoms with Crippen molar-refractivity contribution in [1.82, 2.24) is 9.97 Å². The molecule has 1 aromatic rings. The predicted octanol–water partition coefficient (Wildman–Crippen LogP) is 1.87. The lowest BCUT2D eigenvalue weighted by Crippen LogP contribution is -2.26. The molecule has 0 spiro atoms. The van der Waals surface area contributed by atoms with Gasteiger partial charge in [-0.15, -0.1) is 0 Å². The molecule has 0 aliphatic heterocycles. The van der Waals surface area contributed by atoms with Crippen molar-refractivity contribution in [3.05, 3.63) is 18.1 Å². The molecule has 6 heteroatoms. The van der Waals surface area contributed by atoms with Gasteiger partial charge in [0.2, 0.25) is 0 Å². The largest absolute Gasteiger partial charge is 0.476 e. The minimum atomic E-state index is -1.05. The number of nitrogens with zero attached hydrogens (tertiary/aromatic N) is 2. The quantitative estimate of drug-likeness (QED) is 0.853. The van der Waals surface area contributed by atoms with Gasteiger partial charge >= 0.3 is 5.97 Å². The lowest BCUT2D eigenvalue weighted by Gasteiger charge is -2.19. The molecule has 2 atom stereocenters. The number of hydrogen-bond acceptors (Lipinski definition) is 5. The van der Waals surface area contributed by atoms with E-state index in [0.717, 1.165) is 6.42 Å². The molecule has 1 aromatic heterocycles. The smallest absolute Gasteiger partial charge is 0.356 e. The average molecular weight is 253 g/mol. The van der Waals surface area contributed by atoms with Gasteiger partial charge in [-0.3, -0.25) is 0 Å². The highest BCUT2D eigenvalue weighted by Crippen LogP contribution is 2.30. The Morgan fingerprint density at radius 1 is 1.47 bits per heavy atom. The van der Waals surface area contributed by atoms with E-state index in [2.05, 4.69) is 21.5 Å². The molecule has 0 bridgehead atoms. The Kier molecular flexibility index (Phi) is 3.83. The van der Waals surface area contributed by atoms with Gasteiger partial charge in [0.05, 0.1) is 12.4 Å². The summed E-state index contributed by atoms with van der Waals surface area (Å²) in [5.41, 5.74) is -0.0246. The zero-order chi connectivity index (χ0) is 12.3. The van der Waals surface area contributed by atoms with Gasteiger partial charge in [0, 0.05) is 11.3 Å². The summed E-state index contributed by atoms with van der Waals surface area (Å²) in [5, 5.41) is 12.6. The maximum absolute atomic E-state index is 10.6. The first kappa shape index (κ1) is 12.2. The predicted molar refractivity (Wildman–Crippen MR) is 67.6 cm³/mol. The summed E-state index contributed by atoms with van der Waals surface area (Å²) in [7, 11) is 0. The molecular weight excluding hydrogens is 238 g/mol. The molecule has 0 saturated heterocycles. The number of carboxylic acid groups (broad SMARTS) is 1. The van der Waals surface area contributed by atoms with E-state index < -0.39 is 5.97 Å². The molecular formula is C11H15N3O2S. The zero-order valence-electron chi connectivity index (χ0n) is 9.59. The standard InChI is InChI=1S/C11H15N3O2S/c1-17-9-4-2-3-7(9)14-10-6-12-8(5-13-10)11(15)16/h5-7,9H,2-4H2,1H3,(H,13,14)(H,15,16). The summed E-state index contributed by atoms with van der Waals surface area (Å²) < 4.78 is 0. The second-order valence-corrected chi connectivity index (χ2v) is 5.12. The van der Waals surface area contributed by atoms with E-state index >= 15 is 0 Å². The van der Waals surface area contributed by atoms with E-state index in [4.69, 9.17) is 5.11 Å². The minimum Gasteiger partial charge on any atom is -0.476 e. The van der Waals surface area contributed by atoms with Crippen LogP contribution in [0.3, 0.4) is 0 Å². The third kappa shape index (κ3) is 2.88. The van der Waals surface area contributed by atoms with Crippen LogP contribution in [0.2, 0.25) is 0 Å². The Labute approximate surface area is 104 Å². The number of hydrogen-bond donors (Lipinski definition) is 2. The van der Waals surface area contributed by atoms with Crippen LogP contribution in [-0.2, 0) is 0 Å². The van der Waals surface area contributed by atoms with Crippen molar-refractivity contribution < 1.29 is 9.90 Å². The van der Waals surface area contributed by atoms with Gasteiger partial charge in [-0.25, -0.2) is 14.8 Å². The van der Waals surface area contributed by atoms with Crippen LogP contribution in [0, 0.1) is 0 Å². The van der Waals surface area contributed by atoms with E-state index in [1.54, 1.807) is 0 Å². The van der Waals surface area contributed by atoms with Gasteiger partial charge in [-0.1, -0.05) is 6.42 Å². The summed E-state index contributed by atoms with van der Waals surface area (Å²) in [4.78, 5) is 18.5. The second kappa shape index (κ2) is 5.35. The van der Waals surface area contributed by atoms with Crippen LogP contribution in [-0.4, -0.2) is 38.6 Å². The van der Waals surface area contributed by atoms with E-state index in [0.29, 0.717) is 17.1 Å². The molecule has 0 aromatic carbocycles. The highest BCUT2D eigenvalue weighted by molar-refractivity contribution is 7.99. The second-order valence-electron chi connectivity index (χ2n) is 4.05. The van der Waals surface area contributed by atoms with Crippen molar-refractivity contribution in [1.29, 1.82) is 0 Å². The van der Waals surface area contributed by atoms with Crippen LogP contribution in [0.15, 0.2) is 12.4 Å². The van der Waals surface area contributed by atoms with Gasteiger partial charge in [0.25, 0.3) is 0 Å². The highest BCUT2D eigenvalue weighted by Gasteiger charge is 2.26.